The molecule has 3 rings (SSSR count). The van der Waals surface area contributed by atoms with Crippen LogP contribution in [0.2, 0.25) is 0 Å². The Morgan fingerprint density at radius 1 is 1.26 bits per heavy atom. The monoisotopic (exact) mass is 344 g/mol. The molecule has 2 N–H and O–H groups in total. The lowest BCUT2D eigenvalue weighted by Gasteiger charge is -2.23. The fourth-order valence-corrected chi connectivity index (χ4v) is 3.62. The van der Waals surface area contributed by atoms with Crippen molar-refractivity contribution in [3.63, 3.8) is 0 Å². The van der Waals surface area contributed by atoms with E-state index in [1.54, 1.807) is 42.6 Å². The molecule has 0 bridgehead atoms. The van der Waals surface area contributed by atoms with Gasteiger partial charge in [-0.15, -0.1) is 0 Å². The molecular weight excluding hydrogens is 332 g/mol. The van der Waals surface area contributed by atoms with Crippen LogP contribution in [0.1, 0.15) is 17.3 Å². The van der Waals surface area contributed by atoms with Crippen molar-refractivity contribution < 1.29 is 14.7 Å². The Bertz CT molecular complexity index is 785. The first kappa shape index (κ1) is 15.5. The number of aromatic nitrogens is 1. The molecule has 0 radical (unpaired) electrons. The summed E-state index contributed by atoms with van der Waals surface area (Å²) < 4.78 is 0.240. The Labute approximate surface area is 142 Å². The Balaban J connectivity index is 1.97. The summed E-state index contributed by atoms with van der Waals surface area (Å²) in [7, 11) is 0. The SMILES string of the molecule is O=C(O)C(c1ccccc1)N1C(=O)/C(=C/c2ccc[nH]2)SC1=S. The number of H-pyrrole nitrogens is 1. The Morgan fingerprint density at radius 3 is 2.61 bits per heavy atom. The van der Waals surface area contributed by atoms with E-state index in [-0.39, 0.29) is 4.32 Å². The average Bonchev–Trinajstić information content (AvgIpc) is 3.12. The maximum atomic E-state index is 12.6. The fourth-order valence-electron chi connectivity index (χ4n) is 2.32. The van der Waals surface area contributed by atoms with Gasteiger partial charge < -0.3 is 10.1 Å². The second-order valence-corrected chi connectivity index (χ2v) is 6.50. The van der Waals surface area contributed by atoms with Crippen LogP contribution in [0, 0.1) is 0 Å². The molecule has 1 fully saturated rings. The van der Waals surface area contributed by atoms with Gasteiger partial charge in [0.25, 0.3) is 5.91 Å². The highest BCUT2D eigenvalue weighted by atomic mass is 32.2. The van der Waals surface area contributed by atoms with Gasteiger partial charge in [0.05, 0.1) is 4.91 Å². The minimum absolute atomic E-state index is 0.240. The first-order valence-corrected chi connectivity index (χ1v) is 7.98. The lowest BCUT2D eigenvalue weighted by Crippen LogP contribution is -2.37. The summed E-state index contributed by atoms with van der Waals surface area (Å²) in [5.74, 6) is -1.51. The van der Waals surface area contributed by atoms with Crippen LogP contribution in [0.5, 0.6) is 0 Å². The van der Waals surface area contributed by atoms with E-state index in [1.807, 2.05) is 12.1 Å². The molecule has 2 heterocycles. The van der Waals surface area contributed by atoms with E-state index in [2.05, 4.69) is 4.98 Å². The normalized spacial score (nSPS) is 17.7. The number of carboxylic acid groups (broad SMARTS) is 1. The van der Waals surface area contributed by atoms with E-state index in [4.69, 9.17) is 12.2 Å². The first-order valence-electron chi connectivity index (χ1n) is 6.76. The standard InChI is InChI=1S/C16H12N2O3S2/c19-14-12(9-11-7-4-8-17-11)23-16(22)18(14)13(15(20)21)10-5-2-1-3-6-10/h1-9,13,17H,(H,20,21)/b12-9-. The molecule has 7 heteroatoms. The number of aliphatic carboxylic acids is 1. The van der Waals surface area contributed by atoms with Crippen molar-refractivity contribution in [2.45, 2.75) is 6.04 Å². The number of hydrogen-bond donors (Lipinski definition) is 2. The van der Waals surface area contributed by atoms with E-state index in [0.29, 0.717) is 10.5 Å². The lowest BCUT2D eigenvalue weighted by atomic mass is 10.1. The number of thiocarbonyl (C=S) groups is 1. The summed E-state index contributed by atoms with van der Waals surface area (Å²) in [5.41, 5.74) is 1.27. The number of carbonyl (C=O) groups excluding carboxylic acids is 1. The molecule has 116 valence electrons. The molecule has 1 aliphatic rings. The number of nitrogens with zero attached hydrogens (tertiary/aromatic N) is 1. The highest BCUT2D eigenvalue weighted by Gasteiger charge is 2.41. The van der Waals surface area contributed by atoms with Crippen LogP contribution in [0.4, 0.5) is 0 Å². The van der Waals surface area contributed by atoms with Gasteiger partial charge in [0.1, 0.15) is 4.32 Å². The number of thioether (sulfide) groups is 1. The van der Waals surface area contributed by atoms with Crippen molar-refractivity contribution in [3.8, 4) is 0 Å². The topological polar surface area (TPSA) is 73.4 Å². The molecule has 23 heavy (non-hydrogen) atoms. The van der Waals surface area contributed by atoms with E-state index in [1.165, 1.54) is 0 Å². The van der Waals surface area contributed by atoms with Crippen LogP contribution in [0.3, 0.4) is 0 Å². The predicted octanol–water partition coefficient (Wildman–Crippen LogP) is 3.04. The minimum Gasteiger partial charge on any atom is -0.479 e. The number of amides is 1. The van der Waals surface area contributed by atoms with Crippen LogP contribution in [-0.4, -0.2) is 31.2 Å². The van der Waals surface area contributed by atoms with Crippen molar-refractivity contribution in [2.24, 2.45) is 0 Å². The van der Waals surface area contributed by atoms with Crippen molar-refractivity contribution >= 4 is 46.3 Å². The molecule has 1 aliphatic heterocycles. The van der Waals surface area contributed by atoms with Crippen LogP contribution in [0.25, 0.3) is 6.08 Å². The van der Waals surface area contributed by atoms with E-state index in [0.717, 1.165) is 22.4 Å². The summed E-state index contributed by atoms with van der Waals surface area (Å²) >= 11 is 6.35. The molecule has 1 aromatic heterocycles. The second-order valence-electron chi connectivity index (χ2n) is 4.83. The van der Waals surface area contributed by atoms with E-state index < -0.39 is 17.9 Å². The second kappa shape index (κ2) is 6.39. The van der Waals surface area contributed by atoms with Gasteiger partial charge in [-0.05, 0) is 23.8 Å². The van der Waals surface area contributed by atoms with Gasteiger partial charge in [0.2, 0.25) is 0 Å². The average molecular weight is 344 g/mol. The number of aromatic amines is 1. The Kier molecular flexibility index (Phi) is 4.31. The predicted molar refractivity (Wildman–Crippen MR) is 92.6 cm³/mol. The zero-order valence-corrected chi connectivity index (χ0v) is 13.4. The fraction of sp³-hybridized carbons (Fsp3) is 0.0625. The van der Waals surface area contributed by atoms with Crippen LogP contribution >= 0.6 is 24.0 Å². The molecule has 1 saturated heterocycles. The number of carboxylic acids is 1. The zero-order valence-electron chi connectivity index (χ0n) is 11.8. The van der Waals surface area contributed by atoms with Gasteiger partial charge in [-0.2, -0.15) is 0 Å². The van der Waals surface area contributed by atoms with Crippen LogP contribution in [0.15, 0.2) is 53.6 Å². The maximum Gasteiger partial charge on any atom is 0.331 e. The van der Waals surface area contributed by atoms with Gasteiger partial charge in [-0.25, -0.2) is 4.79 Å². The van der Waals surface area contributed by atoms with E-state index >= 15 is 0 Å². The molecule has 0 saturated carbocycles. The number of hydrogen-bond acceptors (Lipinski definition) is 4. The van der Waals surface area contributed by atoms with Gasteiger partial charge in [-0.3, -0.25) is 9.69 Å². The first-order chi connectivity index (χ1) is 11.1. The third-order valence-electron chi connectivity index (χ3n) is 3.34. The van der Waals surface area contributed by atoms with Gasteiger partial charge in [0, 0.05) is 11.9 Å². The molecule has 1 unspecified atom stereocenters. The third-order valence-corrected chi connectivity index (χ3v) is 4.67. The largest absolute Gasteiger partial charge is 0.479 e. The van der Waals surface area contributed by atoms with Gasteiger partial charge in [-0.1, -0.05) is 54.3 Å². The quantitative estimate of drug-likeness (QED) is 0.659. The summed E-state index contributed by atoms with van der Waals surface area (Å²) in [4.78, 5) is 28.9. The maximum absolute atomic E-state index is 12.6. The summed E-state index contributed by atoms with van der Waals surface area (Å²) in [6.45, 7) is 0. The van der Waals surface area contributed by atoms with Crippen molar-refractivity contribution in [3.05, 3.63) is 64.8 Å². The van der Waals surface area contributed by atoms with Crippen LogP contribution < -0.4 is 0 Å². The highest BCUT2D eigenvalue weighted by Crippen LogP contribution is 2.38. The van der Waals surface area contributed by atoms with Crippen molar-refractivity contribution in [1.29, 1.82) is 0 Å². The number of benzene rings is 1. The minimum atomic E-state index is -1.13. The highest BCUT2D eigenvalue weighted by molar-refractivity contribution is 8.26. The third kappa shape index (κ3) is 3.06. The molecule has 0 spiro atoms. The van der Waals surface area contributed by atoms with Crippen molar-refractivity contribution in [1.82, 2.24) is 9.88 Å². The van der Waals surface area contributed by atoms with Crippen LogP contribution in [-0.2, 0) is 9.59 Å². The van der Waals surface area contributed by atoms with E-state index in [9.17, 15) is 14.7 Å². The number of rotatable bonds is 4. The Hall–Kier alpha value is -2.38. The molecule has 0 aliphatic carbocycles. The summed E-state index contributed by atoms with van der Waals surface area (Å²) in [6.07, 6.45) is 3.42. The van der Waals surface area contributed by atoms with Gasteiger partial charge in [0.15, 0.2) is 6.04 Å². The molecule has 5 nitrogen and oxygen atoms in total. The lowest BCUT2D eigenvalue weighted by molar-refractivity contribution is -0.145. The smallest absolute Gasteiger partial charge is 0.331 e. The summed E-state index contributed by atoms with van der Waals surface area (Å²) in [5, 5.41) is 9.58. The molecule has 2 aromatic rings. The molecule has 1 amide bonds. The number of nitrogens with one attached hydrogen (secondary N) is 1. The van der Waals surface area contributed by atoms with Crippen molar-refractivity contribution in [2.75, 3.05) is 0 Å². The zero-order chi connectivity index (χ0) is 16.4. The molecule has 1 atom stereocenters. The van der Waals surface area contributed by atoms with Gasteiger partial charge >= 0.3 is 5.97 Å². The molecular formula is C16H12N2O3S2. The Morgan fingerprint density at radius 2 is 2.00 bits per heavy atom. The number of carbonyl (C=O) groups is 2. The molecule has 1 aromatic carbocycles. The summed E-state index contributed by atoms with van der Waals surface area (Å²) in [6, 6.07) is 11.1.